The van der Waals surface area contributed by atoms with Crippen molar-refractivity contribution in [1.29, 1.82) is 0 Å². The number of aromatic amines is 1. The summed E-state index contributed by atoms with van der Waals surface area (Å²) < 4.78 is 6.57. The standard InChI is InChI=1S/C25H27Cl2N3O3S/c1-3-30(15-5-9-33-10-6-15)20-12-19(26)17-4-8-29(25(32)21(17)22(20)27)13-18-16-7-11-34-23(16)14(2)28-24(18)31/h7,11-12,15H,3-6,8-10,13H2,1-2H3,(H,28,31). The van der Waals surface area contributed by atoms with Crippen molar-refractivity contribution in [1.82, 2.24) is 9.88 Å². The van der Waals surface area contributed by atoms with Gasteiger partial charge in [-0.3, -0.25) is 9.59 Å². The van der Waals surface area contributed by atoms with Gasteiger partial charge in [0.2, 0.25) is 0 Å². The summed E-state index contributed by atoms with van der Waals surface area (Å²) in [5.74, 6) is -0.179. The Labute approximate surface area is 212 Å². The molecule has 6 nitrogen and oxygen atoms in total. The van der Waals surface area contributed by atoms with Crippen LogP contribution in [0.2, 0.25) is 10.0 Å². The molecule has 34 heavy (non-hydrogen) atoms. The zero-order valence-corrected chi connectivity index (χ0v) is 21.6. The molecule has 1 fully saturated rings. The third-order valence-corrected chi connectivity index (χ3v) is 8.72. The quantitative estimate of drug-likeness (QED) is 0.489. The molecule has 2 aromatic heterocycles. The normalized spacial score (nSPS) is 16.8. The van der Waals surface area contributed by atoms with Crippen molar-refractivity contribution in [2.24, 2.45) is 0 Å². The highest BCUT2D eigenvalue weighted by atomic mass is 35.5. The summed E-state index contributed by atoms with van der Waals surface area (Å²) in [6, 6.07) is 4.15. The molecule has 2 aliphatic rings. The Morgan fingerprint density at radius 2 is 2.03 bits per heavy atom. The fourth-order valence-corrected chi connectivity index (χ4v) is 6.75. The average Bonchev–Trinajstić information content (AvgIpc) is 3.32. The number of fused-ring (bicyclic) bond motifs is 2. The SMILES string of the molecule is CCN(c1cc(Cl)c2c(c1Cl)C(=O)N(Cc1c(=O)[nH]c(C)c3sccc13)CC2)C1CCOCC1. The third kappa shape index (κ3) is 4.02. The molecule has 9 heteroatoms. The van der Waals surface area contributed by atoms with E-state index in [2.05, 4.69) is 16.8 Å². The van der Waals surface area contributed by atoms with Gasteiger partial charge in [-0.05, 0) is 56.2 Å². The topological polar surface area (TPSA) is 65.6 Å². The van der Waals surface area contributed by atoms with E-state index in [1.54, 1.807) is 16.2 Å². The number of benzene rings is 1. The van der Waals surface area contributed by atoms with Crippen molar-refractivity contribution >= 4 is 56.2 Å². The highest BCUT2D eigenvalue weighted by Gasteiger charge is 2.33. The van der Waals surface area contributed by atoms with E-state index in [9.17, 15) is 9.59 Å². The number of nitrogens with zero attached hydrogens (tertiary/aromatic N) is 2. The molecule has 4 heterocycles. The monoisotopic (exact) mass is 519 g/mol. The number of H-pyrrole nitrogens is 1. The lowest BCUT2D eigenvalue weighted by molar-refractivity contribution is 0.0727. The maximum atomic E-state index is 13.7. The number of ether oxygens (including phenoxy) is 1. The van der Waals surface area contributed by atoms with E-state index in [4.69, 9.17) is 27.9 Å². The molecule has 0 atom stereocenters. The van der Waals surface area contributed by atoms with Crippen molar-refractivity contribution in [2.75, 3.05) is 31.2 Å². The number of hydrogen-bond donors (Lipinski definition) is 1. The molecule has 1 aromatic carbocycles. The van der Waals surface area contributed by atoms with Crippen LogP contribution in [0.3, 0.4) is 0 Å². The molecule has 2 aliphatic heterocycles. The van der Waals surface area contributed by atoms with Gasteiger partial charge in [-0.15, -0.1) is 11.3 Å². The van der Waals surface area contributed by atoms with E-state index < -0.39 is 0 Å². The zero-order chi connectivity index (χ0) is 24.0. The summed E-state index contributed by atoms with van der Waals surface area (Å²) in [6.45, 7) is 6.88. The lowest BCUT2D eigenvalue weighted by Crippen LogP contribution is -2.41. The van der Waals surface area contributed by atoms with Gasteiger partial charge < -0.3 is 19.5 Å². The zero-order valence-electron chi connectivity index (χ0n) is 19.2. The van der Waals surface area contributed by atoms with E-state index in [1.807, 2.05) is 24.4 Å². The fourth-order valence-electron chi connectivity index (χ4n) is 5.22. The predicted octanol–water partition coefficient (Wildman–Crippen LogP) is 5.41. The average molecular weight is 520 g/mol. The third-order valence-electron chi connectivity index (χ3n) is 6.97. The van der Waals surface area contributed by atoms with E-state index in [0.717, 1.165) is 46.4 Å². The van der Waals surface area contributed by atoms with Crippen LogP contribution in [0, 0.1) is 6.92 Å². The van der Waals surface area contributed by atoms with E-state index >= 15 is 0 Å². The molecule has 1 amide bonds. The van der Waals surface area contributed by atoms with Crippen LogP contribution in [0.1, 0.15) is 46.9 Å². The maximum Gasteiger partial charge on any atom is 0.256 e. The number of halogens is 2. The Balaban J connectivity index is 1.52. The van der Waals surface area contributed by atoms with Gasteiger partial charge in [-0.1, -0.05) is 23.2 Å². The van der Waals surface area contributed by atoms with Gasteiger partial charge in [-0.2, -0.15) is 0 Å². The summed E-state index contributed by atoms with van der Waals surface area (Å²) in [4.78, 5) is 33.4. The second-order valence-corrected chi connectivity index (χ2v) is 10.6. The summed E-state index contributed by atoms with van der Waals surface area (Å²) in [7, 11) is 0. The highest BCUT2D eigenvalue weighted by Crippen LogP contribution is 2.41. The second kappa shape index (κ2) is 9.53. The molecule has 0 aliphatic carbocycles. The smallest absolute Gasteiger partial charge is 0.256 e. The number of rotatable bonds is 5. The number of carbonyl (C=O) groups excluding carboxylic acids is 1. The molecule has 0 bridgehead atoms. The first-order valence-corrected chi connectivity index (χ1v) is 13.3. The fraction of sp³-hybridized carbons (Fsp3) is 0.440. The van der Waals surface area contributed by atoms with Gasteiger partial charge in [0.15, 0.2) is 0 Å². The van der Waals surface area contributed by atoms with Crippen molar-refractivity contribution in [2.45, 2.75) is 45.7 Å². The molecule has 1 N–H and O–H groups in total. The molecular weight excluding hydrogens is 493 g/mol. The van der Waals surface area contributed by atoms with Crippen LogP contribution in [0.25, 0.3) is 10.1 Å². The molecule has 5 rings (SSSR count). The summed E-state index contributed by atoms with van der Waals surface area (Å²) in [5.41, 5.74) is 3.35. The van der Waals surface area contributed by atoms with Crippen molar-refractivity contribution in [3.05, 3.63) is 60.3 Å². The Hall–Kier alpha value is -2.06. The predicted molar refractivity (Wildman–Crippen MR) is 139 cm³/mol. The minimum absolute atomic E-state index is 0.156. The molecule has 0 radical (unpaired) electrons. The summed E-state index contributed by atoms with van der Waals surface area (Å²) in [6.07, 6.45) is 2.41. The molecule has 3 aromatic rings. The van der Waals surface area contributed by atoms with Gasteiger partial charge >= 0.3 is 0 Å². The van der Waals surface area contributed by atoms with E-state index in [1.165, 1.54) is 0 Å². The Morgan fingerprint density at radius 3 is 2.76 bits per heavy atom. The molecule has 1 saturated heterocycles. The number of amides is 1. The van der Waals surface area contributed by atoms with Crippen LogP contribution in [0.4, 0.5) is 5.69 Å². The first-order chi connectivity index (χ1) is 16.4. The minimum atomic E-state index is -0.179. The van der Waals surface area contributed by atoms with Crippen LogP contribution < -0.4 is 10.5 Å². The maximum absolute atomic E-state index is 13.7. The lowest BCUT2D eigenvalue weighted by Gasteiger charge is -2.37. The number of nitrogens with one attached hydrogen (secondary N) is 1. The Morgan fingerprint density at radius 1 is 1.26 bits per heavy atom. The summed E-state index contributed by atoms with van der Waals surface area (Å²) in [5, 5.41) is 3.89. The molecule has 180 valence electrons. The first-order valence-electron chi connectivity index (χ1n) is 11.6. The van der Waals surface area contributed by atoms with Crippen LogP contribution in [-0.4, -0.2) is 48.1 Å². The molecule has 0 unspecified atom stereocenters. The second-order valence-electron chi connectivity index (χ2n) is 8.87. The Kier molecular flexibility index (Phi) is 6.64. The number of anilines is 1. The number of thiophene rings is 1. The van der Waals surface area contributed by atoms with Crippen LogP contribution in [-0.2, 0) is 17.7 Å². The Bertz CT molecular complexity index is 1310. The molecular formula is C25H27Cl2N3O3S. The number of carbonyl (C=O) groups is 1. The van der Waals surface area contributed by atoms with Gasteiger partial charge in [0.25, 0.3) is 11.5 Å². The number of hydrogen-bond acceptors (Lipinski definition) is 5. The van der Waals surface area contributed by atoms with Crippen LogP contribution in [0.5, 0.6) is 0 Å². The number of pyridine rings is 1. The highest BCUT2D eigenvalue weighted by molar-refractivity contribution is 7.17. The van der Waals surface area contributed by atoms with Gasteiger partial charge in [0, 0.05) is 54.0 Å². The van der Waals surface area contributed by atoms with Crippen LogP contribution in [0.15, 0.2) is 22.3 Å². The van der Waals surface area contributed by atoms with Crippen molar-refractivity contribution < 1.29 is 9.53 Å². The van der Waals surface area contributed by atoms with Crippen molar-refractivity contribution in [3.8, 4) is 0 Å². The van der Waals surface area contributed by atoms with Crippen LogP contribution >= 0.6 is 34.5 Å². The largest absolute Gasteiger partial charge is 0.381 e. The van der Waals surface area contributed by atoms with Gasteiger partial charge in [0.05, 0.1) is 27.5 Å². The van der Waals surface area contributed by atoms with Gasteiger partial charge in [0.1, 0.15) is 0 Å². The summed E-state index contributed by atoms with van der Waals surface area (Å²) >= 11 is 15.2. The van der Waals surface area contributed by atoms with E-state index in [0.29, 0.717) is 47.4 Å². The number of aryl methyl sites for hydroxylation is 1. The molecule has 0 saturated carbocycles. The minimum Gasteiger partial charge on any atom is -0.381 e. The number of aromatic nitrogens is 1. The lowest BCUT2D eigenvalue weighted by atomic mass is 9.96. The van der Waals surface area contributed by atoms with E-state index in [-0.39, 0.29) is 24.1 Å². The first kappa shape index (κ1) is 23.7. The van der Waals surface area contributed by atoms with Gasteiger partial charge in [-0.25, -0.2) is 0 Å². The van der Waals surface area contributed by atoms with Crippen molar-refractivity contribution in [3.63, 3.8) is 0 Å². The molecule has 0 spiro atoms.